The first-order valence-corrected chi connectivity index (χ1v) is 26.3. The average molecular weight is 883 g/mol. The summed E-state index contributed by atoms with van der Waals surface area (Å²) in [4.78, 5) is 25.5. The molecule has 6 atom stereocenters. The zero-order valence-electron chi connectivity index (χ0n) is 40.1. The Morgan fingerprint density at radius 1 is 0.484 bits per heavy atom. The standard InChI is InChI=1S/C52H98O10/c1-3-5-7-9-11-13-15-17-19-21-23-25-26-28-30-32-34-36-38-40-47(54)59-43-45(44-60-52-51(58)50(57)49(56)46(42-53)62-52)61-48(55)41-39-37-35-33-31-29-27-24-22-20-18-16-14-12-10-8-6-4-2/h20,22,45-46,49-53,56-58H,3-19,21,23-44H2,1-2H3/b22-20-. The maximum Gasteiger partial charge on any atom is 0.306 e. The van der Waals surface area contributed by atoms with Crippen LogP contribution in [0.25, 0.3) is 0 Å². The molecular weight excluding hydrogens is 785 g/mol. The molecule has 0 spiro atoms. The van der Waals surface area contributed by atoms with E-state index < -0.39 is 49.4 Å². The molecule has 0 aromatic carbocycles. The number of rotatable bonds is 45. The van der Waals surface area contributed by atoms with Gasteiger partial charge in [-0.3, -0.25) is 9.59 Å². The Morgan fingerprint density at radius 2 is 0.855 bits per heavy atom. The van der Waals surface area contributed by atoms with Gasteiger partial charge >= 0.3 is 11.9 Å². The van der Waals surface area contributed by atoms with E-state index in [1.807, 2.05) is 0 Å². The predicted octanol–water partition coefficient (Wildman–Crippen LogP) is 12.3. The van der Waals surface area contributed by atoms with Gasteiger partial charge in [0.05, 0.1) is 13.2 Å². The molecule has 1 fully saturated rings. The monoisotopic (exact) mass is 883 g/mol. The number of aliphatic hydroxyl groups is 4. The van der Waals surface area contributed by atoms with Gasteiger partial charge in [0.15, 0.2) is 12.4 Å². The van der Waals surface area contributed by atoms with Gasteiger partial charge in [0.2, 0.25) is 0 Å². The van der Waals surface area contributed by atoms with Crippen LogP contribution in [0.5, 0.6) is 0 Å². The van der Waals surface area contributed by atoms with Crippen LogP contribution in [-0.4, -0.2) is 89.0 Å². The molecule has 1 rings (SSSR count). The minimum Gasteiger partial charge on any atom is -0.462 e. The normalized spacial score (nSPS) is 19.6. The molecule has 0 aliphatic carbocycles. The second-order valence-corrected chi connectivity index (χ2v) is 18.3. The molecular formula is C52H98O10. The second-order valence-electron chi connectivity index (χ2n) is 18.3. The molecule has 1 aliphatic heterocycles. The fraction of sp³-hybridized carbons (Fsp3) is 0.923. The van der Waals surface area contributed by atoms with Crippen LogP contribution in [0, 0.1) is 0 Å². The van der Waals surface area contributed by atoms with Crippen molar-refractivity contribution in [2.75, 3.05) is 19.8 Å². The van der Waals surface area contributed by atoms with Crippen LogP contribution in [0.2, 0.25) is 0 Å². The maximum absolute atomic E-state index is 12.8. The van der Waals surface area contributed by atoms with Crippen molar-refractivity contribution in [2.45, 2.75) is 288 Å². The Bertz CT molecular complexity index is 1020. The van der Waals surface area contributed by atoms with Crippen molar-refractivity contribution in [3.05, 3.63) is 12.2 Å². The summed E-state index contributed by atoms with van der Waals surface area (Å²) in [6, 6.07) is 0. The molecule has 366 valence electrons. The Balaban J connectivity index is 2.24. The van der Waals surface area contributed by atoms with Crippen molar-refractivity contribution in [3.8, 4) is 0 Å². The number of hydrogen-bond acceptors (Lipinski definition) is 10. The molecule has 4 N–H and O–H groups in total. The van der Waals surface area contributed by atoms with Crippen LogP contribution in [0.15, 0.2) is 12.2 Å². The van der Waals surface area contributed by atoms with Crippen molar-refractivity contribution < 1.29 is 49.0 Å². The number of allylic oxidation sites excluding steroid dienone is 2. The van der Waals surface area contributed by atoms with Crippen molar-refractivity contribution in [1.29, 1.82) is 0 Å². The lowest BCUT2D eigenvalue weighted by molar-refractivity contribution is -0.305. The molecule has 0 saturated carbocycles. The van der Waals surface area contributed by atoms with E-state index in [-0.39, 0.29) is 32.0 Å². The molecule has 10 nitrogen and oxygen atoms in total. The van der Waals surface area contributed by atoms with Crippen LogP contribution < -0.4 is 0 Å². The summed E-state index contributed by atoms with van der Waals surface area (Å²) in [7, 11) is 0. The van der Waals surface area contributed by atoms with Crippen LogP contribution in [-0.2, 0) is 28.5 Å². The summed E-state index contributed by atoms with van der Waals surface area (Å²) in [6.07, 6.45) is 40.7. The van der Waals surface area contributed by atoms with E-state index >= 15 is 0 Å². The van der Waals surface area contributed by atoms with E-state index in [0.29, 0.717) is 6.42 Å². The topological polar surface area (TPSA) is 152 Å². The second kappa shape index (κ2) is 43.3. The molecule has 0 aromatic heterocycles. The zero-order chi connectivity index (χ0) is 45.1. The summed E-state index contributed by atoms with van der Waals surface area (Å²) in [6.45, 7) is 3.47. The SMILES string of the molecule is CCCCCCCCC/C=C\CCCCCCCCCC(=O)OC(COC(=O)CCCCCCCCCCCCCCCCCCCCC)COC1OC(CO)C(O)C(O)C1O. The van der Waals surface area contributed by atoms with Gasteiger partial charge in [-0.2, -0.15) is 0 Å². The van der Waals surface area contributed by atoms with Crippen molar-refractivity contribution >= 4 is 11.9 Å². The van der Waals surface area contributed by atoms with E-state index in [2.05, 4.69) is 26.0 Å². The van der Waals surface area contributed by atoms with E-state index in [1.54, 1.807) is 0 Å². The third-order valence-electron chi connectivity index (χ3n) is 12.4. The van der Waals surface area contributed by atoms with E-state index in [4.69, 9.17) is 18.9 Å². The number of carbonyl (C=O) groups is 2. The maximum atomic E-state index is 12.8. The Labute approximate surface area is 380 Å². The van der Waals surface area contributed by atoms with Gasteiger partial charge in [0.1, 0.15) is 31.0 Å². The molecule has 1 saturated heterocycles. The predicted molar refractivity (Wildman–Crippen MR) is 252 cm³/mol. The zero-order valence-corrected chi connectivity index (χ0v) is 40.1. The van der Waals surface area contributed by atoms with Gasteiger partial charge in [0, 0.05) is 12.8 Å². The van der Waals surface area contributed by atoms with E-state index in [1.165, 1.54) is 173 Å². The number of esters is 2. The van der Waals surface area contributed by atoms with Gasteiger partial charge in [-0.15, -0.1) is 0 Å². The molecule has 1 heterocycles. The van der Waals surface area contributed by atoms with Crippen molar-refractivity contribution in [1.82, 2.24) is 0 Å². The van der Waals surface area contributed by atoms with E-state index in [0.717, 1.165) is 44.9 Å². The van der Waals surface area contributed by atoms with Gasteiger partial charge in [0.25, 0.3) is 0 Å². The fourth-order valence-electron chi connectivity index (χ4n) is 8.24. The highest BCUT2D eigenvalue weighted by Gasteiger charge is 2.44. The van der Waals surface area contributed by atoms with Crippen LogP contribution >= 0.6 is 0 Å². The molecule has 0 radical (unpaired) electrons. The van der Waals surface area contributed by atoms with Crippen LogP contribution in [0.4, 0.5) is 0 Å². The Hall–Kier alpha value is -1.56. The van der Waals surface area contributed by atoms with Crippen LogP contribution in [0.1, 0.15) is 251 Å². The van der Waals surface area contributed by atoms with Gasteiger partial charge < -0.3 is 39.4 Å². The Kier molecular flexibility index (Phi) is 40.9. The first-order valence-electron chi connectivity index (χ1n) is 26.3. The summed E-state index contributed by atoms with van der Waals surface area (Å²) in [5, 5.41) is 40.2. The number of aliphatic hydroxyl groups excluding tert-OH is 4. The third-order valence-corrected chi connectivity index (χ3v) is 12.4. The fourth-order valence-corrected chi connectivity index (χ4v) is 8.24. The number of unbranched alkanes of at least 4 members (excludes halogenated alkanes) is 32. The number of hydrogen-bond donors (Lipinski definition) is 4. The minimum absolute atomic E-state index is 0.213. The van der Waals surface area contributed by atoms with Crippen LogP contribution in [0.3, 0.4) is 0 Å². The van der Waals surface area contributed by atoms with Crippen molar-refractivity contribution in [3.63, 3.8) is 0 Å². The largest absolute Gasteiger partial charge is 0.462 e. The summed E-state index contributed by atoms with van der Waals surface area (Å²) in [5.74, 6) is -0.795. The van der Waals surface area contributed by atoms with Gasteiger partial charge in [-0.25, -0.2) is 0 Å². The van der Waals surface area contributed by atoms with Gasteiger partial charge in [-0.1, -0.05) is 212 Å². The highest BCUT2D eigenvalue weighted by Crippen LogP contribution is 2.23. The van der Waals surface area contributed by atoms with Crippen molar-refractivity contribution in [2.24, 2.45) is 0 Å². The number of carbonyl (C=O) groups excluding carboxylic acids is 2. The molecule has 0 amide bonds. The lowest BCUT2D eigenvalue weighted by atomic mass is 9.99. The highest BCUT2D eigenvalue weighted by atomic mass is 16.7. The number of ether oxygens (including phenoxy) is 4. The molecule has 0 aromatic rings. The molecule has 0 bridgehead atoms. The quantitative estimate of drug-likeness (QED) is 0.0264. The lowest BCUT2D eigenvalue weighted by Gasteiger charge is -2.39. The van der Waals surface area contributed by atoms with E-state index in [9.17, 15) is 30.0 Å². The summed E-state index contributed by atoms with van der Waals surface area (Å²) < 4.78 is 22.3. The molecule has 6 unspecified atom stereocenters. The third kappa shape index (κ3) is 33.9. The summed E-state index contributed by atoms with van der Waals surface area (Å²) in [5.41, 5.74) is 0. The first-order chi connectivity index (χ1) is 30.3. The lowest BCUT2D eigenvalue weighted by Crippen LogP contribution is -2.59. The summed E-state index contributed by atoms with van der Waals surface area (Å²) >= 11 is 0. The first kappa shape index (κ1) is 58.5. The average Bonchev–Trinajstić information content (AvgIpc) is 3.27. The van der Waals surface area contributed by atoms with Gasteiger partial charge in [-0.05, 0) is 38.5 Å². The molecule has 62 heavy (non-hydrogen) atoms. The molecule has 1 aliphatic rings. The highest BCUT2D eigenvalue weighted by molar-refractivity contribution is 5.70. The minimum atomic E-state index is -1.59. The Morgan fingerprint density at radius 3 is 1.26 bits per heavy atom. The molecule has 10 heteroatoms. The smallest absolute Gasteiger partial charge is 0.306 e.